The summed E-state index contributed by atoms with van der Waals surface area (Å²) in [4.78, 5) is 0. The first-order chi connectivity index (χ1) is 5.73. The van der Waals surface area contributed by atoms with Crippen molar-refractivity contribution in [1.82, 2.24) is 5.32 Å². The Morgan fingerprint density at radius 3 is 1.31 bits per heavy atom. The molecule has 1 N–H and O–H groups in total. The van der Waals surface area contributed by atoms with Crippen LogP contribution >= 0.6 is 0 Å². The molecule has 1 rings (SSSR count). The van der Waals surface area contributed by atoms with Crippen molar-refractivity contribution < 1.29 is 26.3 Å². The molecule has 1 fully saturated rings. The summed E-state index contributed by atoms with van der Waals surface area (Å²) in [6.45, 7) is -1.29. The molecule has 0 aliphatic carbocycles. The Labute approximate surface area is 70.1 Å². The molecule has 0 spiro atoms. The van der Waals surface area contributed by atoms with Crippen LogP contribution in [0.15, 0.2) is 0 Å². The number of rotatable bonds is 0. The maximum atomic E-state index is 12.0. The van der Waals surface area contributed by atoms with Crippen molar-refractivity contribution in [3.8, 4) is 0 Å². The molecular formula is C6H7F6N. The van der Waals surface area contributed by atoms with Crippen LogP contribution in [0.4, 0.5) is 26.3 Å². The summed E-state index contributed by atoms with van der Waals surface area (Å²) in [6, 6.07) is 0. The lowest BCUT2D eigenvalue weighted by molar-refractivity contribution is -0.239. The molecule has 0 aromatic carbocycles. The molecule has 2 atom stereocenters. The highest BCUT2D eigenvalue weighted by Gasteiger charge is 2.57. The van der Waals surface area contributed by atoms with Crippen LogP contribution in [0.5, 0.6) is 0 Å². The smallest absolute Gasteiger partial charge is 0.315 e. The van der Waals surface area contributed by atoms with Crippen LogP contribution in [0.1, 0.15) is 0 Å². The first-order valence-corrected chi connectivity index (χ1v) is 3.57. The molecule has 0 radical (unpaired) electrons. The Morgan fingerprint density at radius 2 is 1.08 bits per heavy atom. The number of alkyl halides is 6. The zero-order valence-corrected chi connectivity index (χ0v) is 6.34. The summed E-state index contributed by atoms with van der Waals surface area (Å²) >= 11 is 0. The van der Waals surface area contributed by atoms with Crippen molar-refractivity contribution in [2.45, 2.75) is 12.4 Å². The normalized spacial score (nSPS) is 30.9. The van der Waals surface area contributed by atoms with E-state index in [1.807, 2.05) is 0 Å². The van der Waals surface area contributed by atoms with Crippen LogP contribution in [0, 0.1) is 11.8 Å². The fourth-order valence-corrected chi connectivity index (χ4v) is 1.37. The number of hydrogen-bond donors (Lipinski definition) is 1. The molecule has 1 aliphatic heterocycles. The van der Waals surface area contributed by atoms with Gasteiger partial charge in [0.15, 0.2) is 0 Å². The Balaban J connectivity index is 2.76. The van der Waals surface area contributed by atoms with Gasteiger partial charge < -0.3 is 5.32 Å². The van der Waals surface area contributed by atoms with Crippen LogP contribution in [0.3, 0.4) is 0 Å². The molecule has 0 bridgehead atoms. The molecule has 1 heterocycles. The summed E-state index contributed by atoms with van der Waals surface area (Å²) in [7, 11) is 0. The molecule has 2 unspecified atom stereocenters. The quantitative estimate of drug-likeness (QED) is 0.598. The van der Waals surface area contributed by atoms with Crippen molar-refractivity contribution in [2.75, 3.05) is 13.1 Å². The van der Waals surface area contributed by atoms with Gasteiger partial charge in [-0.1, -0.05) is 0 Å². The van der Waals surface area contributed by atoms with Gasteiger partial charge in [0.1, 0.15) is 0 Å². The molecule has 13 heavy (non-hydrogen) atoms. The summed E-state index contributed by atoms with van der Waals surface area (Å²) in [6.07, 6.45) is -9.55. The van der Waals surface area contributed by atoms with Gasteiger partial charge >= 0.3 is 12.4 Å². The summed E-state index contributed by atoms with van der Waals surface area (Å²) < 4.78 is 72.0. The summed E-state index contributed by atoms with van der Waals surface area (Å²) in [5.74, 6) is -4.60. The number of hydrogen-bond acceptors (Lipinski definition) is 1. The fourth-order valence-electron chi connectivity index (χ4n) is 1.37. The van der Waals surface area contributed by atoms with Crippen LogP contribution in [-0.2, 0) is 0 Å². The molecule has 0 saturated carbocycles. The van der Waals surface area contributed by atoms with Gasteiger partial charge in [-0.25, -0.2) is 0 Å². The molecular weight excluding hydrogens is 200 g/mol. The lowest BCUT2D eigenvalue weighted by atomic mass is 9.95. The monoisotopic (exact) mass is 207 g/mol. The van der Waals surface area contributed by atoms with Crippen molar-refractivity contribution in [3.05, 3.63) is 0 Å². The van der Waals surface area contributed by atoms with Gasteiger partial charge in [-0.15, -0.1) is 0 Å². The average molecular weight is 207 g/mol. The van der Waals surface area contributed by atoms with E-state index in [9.17, 15) is 26.3 Å². The van der Waals surface area contributed by atoms with E-state index < -0.39 is 37.3 Å². The summed E-state index contributed by atoms with van der Waals surface area (Å²) in [5, 5.41) is 2.10. The number of nitrogens with one attached hydrogen (secondary N) is 1. The summed E-state index contributed by atoms with van der Waals surface area (Å²) in [5.41, 5.74) is 0. The predicted molar refractivity (Wildman–Crippen MR) is 32.0 cm³/mol. The highest BCUT2D eigenvalue weighted by Crippen LogP contribution is 2.42. The third-order valence-corrected chi connectivity index (χ3v) is 2.06. The first kappa shape index (κ1) is 10.6. The van der Waals surface area contributed by atoms with Crippen molar-refractivity contribution >= 4 is 0 Å². The minimum absolute atomic E-state index is 0.645. The third kappa shape index (κ3) is 2.26. The highest BCUT2D eigenvalue weighted by molar-refractivity contribution is 4.89. The predicted octanol–water partition coefficient (Wildman–Crippen LogP) is 1.95. The molecule has 1 aliphatic rings. The van der Waals surface area contributed by atoms with Crippen LogP contribution in [-0.4, -0.2) is 25.4 Å². The Hall–Kier alpha value is -0.460. The van der Waals surface area contributed by atoms with Gasteiger partial charge in [0, 0.05) is 13.1 Å². The minimum atomic E-state index is -4.77. The molecule has 0 aromatic heterocycles. The second kappa shape index (κ2) is 3.04. The number of halogens is 6. The van der Waals surface area contributed by atoms with Gasteiger partial charge in [-0.2, -0.15) is 26.3 Å². The van der Waals surface area contributed by atoms with Gasteiger partial charge in [0.05, 0.1) is 11.8 Å². The maximum Gasteiger partial charge on any atom is 0.393 e. The van der Waals surface area contributed by atoms with E-state index >= 15 is 0 Å². The second-order valence-electron chi connectivity index (χ2n) is 2.95. The molecule has 78 valence electrons. The van der Waals surface area contributed by atoms with Gasteiger partial charge in [-0.05, 0) is 0 Å². The van der Waals surface area contributed by atoms with Crippen LogP contribution in [0.2, 0.25) is 0 Å². The maximum absolute atomic E-state index is 12.0. The topological polar surface area (TPSA) is 12.0 Å². The molecule has 0 aromatic rings. The first-order valence-electron chi connectivity index (χ1n) is 3.57. The second-order valence-corrected chi connectivity index (χ2v) is 2.95. The highest BCUT2D eigenvalue weighted by atomic mass is 19.4. The third-order valence-electron chi connectivity index (χ3n) is 2.06. The van der Waals surface area contributed by atoms with Gasteiger partial charge in [-0.3, -0.25) is 0 Å². The van der Waals surface area contributed by atoms with E-state index in [0.29, 0.717) is 0 Å². The lowest BCUT2D eigenvalue weighted by Gasteiger charge is -2.23. The zero-order chi connectivity index (χ0) is 10.3. The van der Waals surface area contributed by atoms with E-state index in [2.05, 4.69) is 5.32 Å². The van der Waals surface area contributed by atoms with E-state index in [4.69, 9.17) is 0 Å². The standard InChI is InChI=1S/C6H7F6N/c7-5(8,9)3-1-13-2-4(3)6(10,11)12/h3-4,13H,1-2H2. The van der Waals surface area contributed by atoms with E-state index in [1.165, 1.54) is 0 Å². The lowest BCUT2D eigenvalue weighted by Crippen LogP contribution is -2.37. The van der Waals surface area contributed by atoms with E-state index in [-0.39, 0.29) is 0 Å². The molecule has 0 amide bonds. The van der Waals surface area contributed by atoms with E-state index in [1.54, 1.807) is 0 Å². The van der Waals surface area contributed by atoms with Gasteiger partial charge in [0.2, 0.25) is 0 Å². The Bertz CT molecular complexity index is 163. The van der Waals surface area contributed by atoms with Crippen molar-refractivity contribution in [2.24, 2.45) is 11.8 Å². The van der Waals surface area contributed by atoms with Crippen molar-refractivity contribution in [3.63, 3.8) is 0 Å². The van der Waals surface area contributed by atoms with E-state index in [0.717, 1.165) is 0 Å². The zero-order valence-electron chi connectivity index (χ0n) is 6.34. The molecule has 1 saturated heterocycles. The van der Waals surface area contributed by atoms with Gasteiger partial charge in [0.25, 0.3) is 0 Å². The van der Waals surface area contributed by atoms with Crippen LogP contribution in [0.25, 0.3) is 0 Å². The average Bonchev–Trinajstić information content (AvgIpc) is 2.27. The largest absolute Gasteiger partial charge is 0.393 e. The SMILES string of the molecule is FC(F)(F)C1CNCC1C(F)(F)F. The molecule has 1 nitrogen and oxygen atoms in total. The minimum Gasteiger partial charge on any atom is -0.315 e. The Kier molecular flexibility index (Phi) is 2.48. The van der Waals surface area contributed by atoms with Crippen LogP contribution < -0.4 is 5.32 Å². The Morgan fingerprint density at radius 1 is 0.769 bits per heavy atom. The van der Waals surface area contributed by atoms with Crippen molar-refractivity contribution in [1.29, 1.82) is 0 Å². The molecule has 7 heteroatoms. The fraction of sp³-hybridized carbons (Fsp3) is 1.00.